The zero-order valence-corrected chi connectivity index (χ0v) is 11.0. The largest absolute Gasteiger partial charge is 0.377 e. The molecule has 1 aliphatic heterocycles. The van der Waals surface area contributed by atoms with Gasteiger partial charge in [-0.2, -0.15) is 0 Å². The summed E-state index contributed by atoms with van der Waals surface area (Å²) in [7, 11) is 0. The molecule has 88 valence electrons. The van der Waals surface area contributed by atoms with Crippen molar-refractivity contribution in [3.8, 4) is 0 Å². The van der Waals surface area contributed by atoms with Crippen molar-refractivity contribution in [2.75, 3.05) is 5.32 Å². The summed E-state index contributed by atoms with van der Waals surface area (Å²) in [4.78, 5) is 0. The third-order valence-electron chi connectivity index (χ3n) is 3.92. The van der Waals surface area contributed by atoms with Crippen LogP contribution in [0, 0.1) is 13.8 Å². The van der Waals surface area contributed by atoms with Gasteiger partial charge in [0, 0.05) is 11.6 Å². The molecular formula is C16H19N. The molecule has 0 amide bonds. The third-order valence-corrected chi connectivity index (χ3v) is 3.92. The van der Waals surface area contributed by atoms with Crippen molar-refractivity contribution in [3.05, 3.63) is 52.1 Å². The highest BCUT2D eigenvalue weighted by Crippen LogP contribution is 2.44. The van der Waals surface area contributed by atoms with Gasteiger partial charge in [-0.3, -0.25) is 0 Å². The van der Waals surface area contributed by atoms with Crippen molar-refractivity contribution >= 4 is 5.69 Å². The Morgan fingerprint density at radius 2 is 1.82 bits per heavy atom. The summed E-state index contributed by atoms with van der Waals surface area (Å²) in [5, 5.41) is 3.69. The van der Waals surface area contributed by atoms with Crippen molar-refractivity contribution in [1.82, 2.24) is 0 Å². The molecule has 1 N–H and O–H groups in total. The fraction of sp³-hybridized carbons (Fsp3) is 0.375. The molecule has 2 unspecified atom stereocenters. The summed E-state index contributed by atoms with van der Waals surface area (Å²) in [6.45, 7) is 8.81. The van der Waals surface area contributed by atoms with Crippen LogP contribution in [0.25, 0.3) is 0 Å². The maximum absolute atomic E-state index is 3.69. The minimum absolute atomic E-state index is 0.467. The van der Waals surface area contributed by atoms with Gasteiger partial charge in [0.05, 0.1) is 6.04 Å². The Labute approximate surface area is 103 Å². The predicted octanol–water partition coefficient (Wildman–Crippen LogP) is 4.09. The molecule has 17 heavy (non-hydrogen) atoms. The first-order valence-corrected chi connectivity index (χ1v) is 6.30. The number of hydrogen-bond acceptors (Lipinski definition) is 1. The molecule has 0 bridgehead atoms. The fourth-order valence-electron chi connectivity index (χ4n) is 3.25. The number of rotatable bonds is 0. The Morgan fingerprint density at radius 1 is 1.06 bits per heavy atom. The van der Waals surface area contributed by atoms with E-state index in [-0.39, 0.29) is 0 Å². The maximum atomic E-state index is 3.69. The minimum Gasteiger partial charge on any atom is -0.377 e. The molecule has 1 heterocycles. The molecule has 1 heteroatoms. The molecule has 0 fully saturated rings. The topological polar surface area (TPSA) is 12.0 Å². The first-order chi connectivity index (χ1) is 8.06. The summed E-state index contributed by atoms with van der Waals surface area (Å²) in [6, 6.07) is 5.07. The summed E-state index contributed by atoms with van der Waals surface area (Å²) in [5.41, 5.74) is 8.39. The number of nitrogens with one attached hydrogen (secondary N) is 1. The Bertz CT molecular complexity index is 549. The zero-order valence-electron chi connectivity index (χ0n) is 11.0. The van der Waals surface area contributed by atoms with E-state index in [0.29, 0.717) is 12.0 Å². The first-order valence-electron chi connectivity index (χ1n) is 6.30. The van der Waals surface area contributed by atoms with E-state index in [1.807, 2.05) is 0 Å². The highest BCUT2D eigenvalue weighted by molar-refractivity contribution is 5.69. The molecule has 2 atom stereocenters. The van der Waals surface area contributed by atoms with Gasteiger partial charge >= 0.3 is 0 Å². The second-order valence-corrected chi connectivity index (χ2v) is 5.49. The normalized spacial score (nSPS) is 25.6. The van der Waals surface area contributed by atoms with Crippen LogP contribution < -0.4 is 5.32 Å². The van der Waals surface area contributed by atoms with Crippen LogP contribution in [0.5, 0.6) is 0 Å². The molecule has 0 aromatic heterocycles. The SMILES string of the molecule is CC1=CC2c3cc(C)cc(C)c3NC2C(C)=C1. The highest BCUT2D eigenvalue weighted by atomic mass is 15.0. The van der Waals surface area contributed by atoms with Crippen LogP contribution in [0.4, 0.5) is 5.69 Å². The molecule has 0 radical (unpaired) electrons. The lowest BCUT2D eigenvalue weighted by atomic mass is 9.84. The Balaban J connectivity index is 2.17. The van der Waals surface area contributed by atoms with Gasteiger partial charge in [0.2, 0.25) is 0 Å². The maximum Gasteiger partial charge on any atom is 0.0578 e. The minimum atomic E-state index is 0.467. The van der Waals surface area contributed by atoms with Gasteiger partial charge in [0.25, 0.3) is 0 Å². The second kappa shape index (κ2) is 3.49. The zero-order chi connectivity index (χ0) is 12.2. The van der Waals surface area contributed by atoms with Gasteiger partial charge in [0.1, 0.15) is 0 Å². The van der Waals surface area contributed by atoms with E-state index in [4.69, 9.17) is 0 Å². The number of aryl methyl sites for hydroxylation is 2. The average Bonchev–Trinajstić information content (AvgIpc) is 2.58. The van der Waals surface area contributed by atoms with Crippen molar-refractivity contribution in [3.63, 3.8) is 0 Å². The van der Waals surface area contributed by atoms with E-state index < -0.39 is 0 Å². The highest BCUT2D eigenvalue weighted by Gasteiger charge is 2.34. The van der Waals surface area contributed by atoms with Crippen LogP contribution in [0.15, 0.2) is 35.4 Å². The number of benzene rings is 1. The molecule has 0 saturated heterocycles. The number of fused-ring (bicyclic) bond motifs is 3. The third kappa shape index (κ3) is 1.53. The number of allylic oxidation sites excluding steroid dienone is 2. The first kappa shape index (κ1) is 10.6. The van der Waals surface area contributed by atoms with Crippen LogP contribution in [-0.2, 0) is 0 Å². The van der Waals surface area contributed by atoms with Crippen LogP contribution in [0.1, 0.15) is 36.5 Å². The molecular weight excluding hydrogens is 206 g/mol. The summed E-state index contributed by atoms with van der Waals surface area (Å²) < 4.78 is 0. The summed E-state index contributed by atoms with van der Waals surface area (Å²) >= 11 is 0. The van der Waals surface area contributed by atoms with Crippen LogP contribution in [0.3, 0.4) is 0 Å². The van der Waals surface area contributed by atoms with E-state index in [1.165, 1.54) is 33.5 Å². The molecule has 1 nitrogen and oxygen atoms in total. The van der Waals surface area contributed by atoms with Crippen LogP contribution >= 0.6 is 0 Å². The average molecular weight is 225 g/mol. The summed E-state index contributed by atoms with van der Waals surface area (Å²) in [5.74, 6) is 0.522. The van der Waals surface area contributed by atoms with Gasteiger partial charge < -0.3 is 5.32 Å². The molecule has 0 saturated carbocycles. The van der Waals surface area contributed by atoms with Crippen LogP contribution in [0.2, 0.25) is 0 Å². The molecule has 1 aromatic rings. The standard InChI is InChI=1S/C16H19N/c1-9-5-11(3)15-13(7-9)14-8-10(2)6-12(4)16(14)17-15/h5-8,13,15,17H,1-4H3. The Morgan fingerprint density at radius 3 is 2.59 bits per heavy atom. The van der Waals surface area contributed by atoms with E-state index >= 15 is 0 Å². The monoisotopic (exact) mass is 225 g/mol. The molecule has 3 rings (SSSR count). The van der Waals surface area contributed by atoms with Gasteiger partial charge in [-0.05, 0) is 38.8 Å². The van der Waals surface area contributed by atoms with Crippen molar-refractivity contribution < 1.29 is 0 Å². The fourth-order valence-corrected chi connectivity index (χ4v) is 3.25. The Hall–Kier alpha value is -1.50. The lowest BCUT2D eigenvalue weighted by Gasteiger charge is -2.23. The van der Waals surface area contributed by atoms with E-state index in [0.717, 1.165) is 0 Å². The Kier molecular flexibility index (Phi) is 2.19. The number of anilines is 1. The summed E-state index contributed by atoms with van der Waals surface area (Å²) in [6.07, 6.45) is 4.69. The predicted molar refractivity (Wildman–Crippen MR) is 73.6 cm³/mol. The molecule has 2 aliphatic rings. The second-order valence-electron chi connectivity index (χ2n) is 5.49. The van der Waals surface area contributed by atoms with E-state index in [1.54, 1.807) is 0 Å². The molecule has 1 aliphatic carbocycles. The van der Waals surface area contributed by atoms with Gasteiger partial charge in [0.15, 0.2) is 0 Å². The lowest BCUT2D eigenvalue weighted by Crippen LogP contribution is -2.23. The van der Waals surface area contributed by atoms with E-state index in [2.05, 4.69) is 57.3 Å². The lowest BCUT2D eigenvalue weighted by molar-refractivity contribution is 0.754. The van der Waals surface area contributed by atoms with E-state index in [9.17, 15) is 0 Å². The van der Waals surface area contributed by atoms with Crippen molar-refractivity contribution in [2.24, 2.45) is 0 Å². The molecule has 0 spiro atoms. The van der Waals surface area contributed by atoms with Crippen LogP contribution in [-0.4, -0.2) is 6.04 Å². The smallest absolute Gasteiger partial charge is 0.0578 e. The van der Waals surface area contributed by atoms with Gasteiger partial charge in [-0.25, -0.2) is 0 Å². The van der Waals surface area contributed by atoms with Crippen molar-refractivity contribution in [2.45, 2.75) is 39.7 Å². The number of hydrogen-bond donors (Lipinski definition) is 1. The van der Waals surface area contributed by atoms with Crippen molar-refractivity contribution in [1.29, 1.82) is 0 Å². The molecule has 1 aromatic carbocycles. The van der Waals surface area contributed by atoms with Gasteiger partial charge in [-0.15, -0.1) is 0 Å². The van der Waals surface area contributed by atoms with Gasteiger partial charge in [-0.1, -0.05) is 41.0 Å². The quantitative estimate of drug-likeness (QED) is 0.701.